The minimum absolute atomic E-state index is 0.00477. The Balaban J connectivity index is 2.02. The highest BCUT2D eigenvalue weighted by Gasteiger charge is 2.35. The first-order valence-electron chi connectivity index (χ1n) is 9.14. The van der Waals surface area contributed by atoms with Gasteiger partial charge in [-0.05, 0) is 20.0 Å². The summed E-state index contributed by atoms with van der Waals surface area (Å²) in [5.74, 6) is -1.53. The van der Waals surface area contributed by atoms with Gasteiger partial charge >= 0.3 is 5.97 Å². The molecule has 0 aliphatic carbocycles. The van der Waals surface area contributed by atoms with Crippen LogP contribution in [0.4, 0.5) is 10.1 Å². The molecule has 2 atom stereocenters. The Labute approximate surface area is 165 Å². The molecule has 1 N–H and O–H groups in total. The Kier molecular flexibility index (Phi) is 4.71. The molecule has 1 aromatic heterocycles. The maximum atomic E-state index is 15.2. The molecular formula is C19H21ClFN3O4. The van der Waals surface area contributed by atoms with Crippen LogP contribution < -0.4 is 15.1 Å². The molecule has 3 heterocycles. The van der Waals surface area contributed by atoms with E-state index in [-0.39, 0.29) is 23.1 Å². The van der Waals surface area contributed by atoms with Crippen molar-refractivity contribution < 1.29 is 19.0 Å². The first-order chi connectivity index (χ1) is 13.3. The van der Waals surface area contributed by atoms with Gasteiger partial charge in [0.05, 0.1) is 22.8 Å². The summed E-state index contributed by atoms with van der Waals surface area (Å²) >= 11 is 6.08. The number of rotatable bonds is 3. The zero-order chi connectivity index (χ0) is 20.2. The number of aromatic nitrogens is 1. The van der Waals surface area contributed by atoms with E-state index in [1.165, 1.54) is 6.20 Å². The van der Waals surface area contributed by atoms with Crippen molar-refractivity contribution in [2.75, 3.05) is 44.0 Å². The van der Waals surface area contributed by atoms with E-state index >= 15 is 4.39 Å². The predicted octanol–water partition coefficient (Wildman–Crippen LogP) is 2.15. The number of aromatic carboxylic acids is 1. The van der Waals surface area contributed by atoms with E-state index in [9.17, 15) is 14.7 Å². The van der Waals surface area contributed by atoms with Crippen LogP contribution >= 0.6 is 11.6 Å². The molecule has 0 bridgehead atoms. The van der Waals surface area contributed by atoms with Gasteiger partial charge in [-0.3, -0.25) is 4.79 Å². The summed E-state index contributed by atoms with van der Waals surface area (Å²) in [4.78, 5) is 28.3. The molecule has 0 radical (unpaired) electrons. The highest BCUT2D eigenvalue weighted by atomic mass is 35.5. The molecule has 1 fully saturated rings. The molecule has 1 saturated heterocycles. The zero-order valence-corrected chi connectivity index (χ0v) is 16.4. The third-order valence-corrected chi connectivity index (χ3v) is 5.95. The summed E-state index contributed by atoms with van der Waals surface area (Å²) in [5.41, 5.74) is -0.394. The maximum Gasteiger partial charge on any atom is 0.341 e. The smallest absolute Gasteiger partial charge is 0.341 e. The number of carboxylic acid groups (broad SMARTS) is 1. The van der Waals surface area contributed by atoms with Gasteiger partial charge in [0.15, 0.2) is 11.6 Å². The van der Waals surface area contributed by atoms with Crippen molar-refractivity contribution in [2.45, 2.75) is 19.1 Å². The van der Waals surface area contributed by atoms with Gasteiger partial charge in [0.2, 0.25) is 5.43 Å². The molecule has 7 nitrogen and oxygen atoms in total. The number of benzene rings is 1. The molecule has 0 amide bonds. The van der Waals surface area contributed by atoms with Crippen molar-refractivity contribution >= 4 is 34.2 Å². The largest absolute Gasteiger partial charge is 0.482 e. The van der Waals surface area contributed by atoms with Crippen LogP contribution in [0.3, 0.4) is 0 Å². The molecule has 2 aliphatic rings. The van der Waals surface area contributed by atoms with Crippen LogP contribution in [0.1, 0.15) is 23.3 Å². The van der Waals surface area contributed by atoms with Crippen molar-refractivity contribution in [1.29, 1.82) is 0 Å². The third kappa shape index (κ3) is 2.82. The molecule has 1 aromatic carbocycles. The number of piperazine rings is 1. The van der Waals surface area contributed by atoms with Crippen LogP contribution in [0.25, 0.3) is 10.9 Å². The van der Waals surface area contributed by atoms with Gasteiger partial charge in [0, 0.05) is 32.4 Å². The number of nitrogens with zero attached hydrogens (tertiary/aromatic N) is 3. The van der Waals surface area contributed by atoms with E-state index in [0.717, 1.165) is 19.2 Å². The summed E-state index contributed by atoms with van der Waals surface area (Å²) < 4.78 is 22.9. The lowest BCUT2D eigenvalue weighted by Crippen LogP contribution is -2.45. The van der Waals surface area contributed by atoms with Crippen LogP contribution in [0.5, 0.6) is 5.75 Å². The summed E-state index contributed by atoms with van der Waals surface area (Å²) in [6.45, 7) is 4.63. The second kappa shape index (κ2) is 6.93. The molecule has 2 aliphatic heterocycles. The van der Waals surface area contributed by atoms with Crippen LogP contribution in [-0.2, 0) is 0 Å². The molecule has 1 unspecified atom stereocenters. The summed E-state index contributed by atoms with van der Waals surface area (Å²) in [7, 11) is 2.00. The Morgan fingerprint density at radius 2 is 2.04 bits per heavy atom. The first kappa shape index (κ1) is 19.0. The lowest BCUT2D eigenvalue weighted by Gasteiger charge is -2.39. The summed E-state index contributed by atoms with van der Waals surface area (Å²) in [5, 5.41) is 9.42. The van der Waals surface area contributed by atoms with E-state index < -0.39 is 28.9 Å². The fourth-order valence-corrected chi connectivity index (χ4v) is 4.26. The topological polar surface area (TPSA) is 75.0 Å². The fraction of sp³-hybridized carbons (Fsp3) is 0.474. The number of alkyl halides is 1. The predicted molar refractivity (Wildman–Crippen MR) is 105 cm³/mol. The molecule has 9 heteroatoms. The van der Waals surface area contributed by atoms with E-state index in [2.05, 4.69) is 4.90 Å². The minimum atomic E-state index is -1.35. The van der Waals surface area contributed by atoms with Crippen LogP contribution in [0, 0.1) is 5.82 Å². The third-order valence-electron chi connectivity index (χ3n) is 5.65. The van der Waals surface area contributed by atoms with Crippen molar-refractivity contribution in [3.05, 3.63) is 33.9 Å². The number of ether oxygens (including phenoxy) is 1. The molecule has 28 heavy (non-hydrogen) atoms. The SMILES string of the molecule is CC1[C@@H](CCl)Oc2c(N3CCN(C)CC3)c(F)cc3c(=O)c(C(=O)O)cn1c23. The van der Waals surface area contributed by atoms with Crippen LogP contribution in [0.15, 0.2) is 17.1 Å². The lowest BCUT2D eigenvalue weighted by molar-refractivity contribution is 0.0693. The molecule has 4 rings (SSSR count). The number of anilines is 1. The number of carboxylic acids is 1. The van der Waals surface area contributed by atoms with Gasteiger partial charge in [-0.2, -0.15) is 0 Å². The van der Waals surface area contributed by atoms with Gasteiger partial charge in [0.25, 0.3) is 0 Å². The van der Waals surface area contributed by atoms with Gasteiger partial charge in [-0.15, -0.1) is 11.6 Å². The second-order valence-corrected chi connectivity index (χ2v) is 7.67. The Morgan fingerprint density at radius 1 is 1.36 bits per heavy atom. The van der Waals surface area contributed by atoms with Gasteiger partial charge in [0.1, 0.15) is 17.4 Å². The average molecular weight is 410 g/mol. The highest BCUT2D eigenvalue weighted by molar-refractivity contribution is 6.18. The zero-order valence-electron chi connectivity index (χ0n) is 15.6. The standard InChI is InChI=1S/C19H21ClFN3O4/c1-10-14(8-20)28-18-15-11(17(25)12(19(26)27)9-24(10)15)7-13(21)16(18)23-5-3-22(2)4-6-23/h7,9-10,14H,3-6,8H2,1-2H3,(H,26,27)/t10?,14-/m1/s1. The Bertz CT molecular complexity index is 1020. The molecule has 150 valence electrons. The van der Waals surface area contributed by atoms with Crippen molar-refractivity contribution in [1.82, 2.24) is 9.47 Å². The average Bonchev–Trinajstić information content (AvgIpc) is 2.66. The van der Waals surface area contributed by atoms with E-state index in [1.807, 2.05) is 18.9 Å². The number of hydrogen-bond acceptors (Lipinski definition) is 5. The number of hydrogen-bond donors (Lipinski definition) is 1. The van der Waals surface area contributed by atoms with Crippen LogP contribution in [-0.4, -0.2) is 65.8 Å². The molecule has 2 aromatic rings. The summed E-state index contributed by atoms with van der Waals surface area (Å²) in [6, 6.07) is 0.825. The van der Waals surface area contributed by atoms with Crippen molar-refractivity contribution in [3.63, 3.8) is 0 Å². The fourth-order valence-electron chi connectivity index (χ4n) is 3.94. The van der Waals surface area contributed by atoms with Gasteiger partial charge in [-0.25, -0.2) is 9.18 Å². The highest BCUT2D eigenvalue weighted by Crippen LogP contribution is 2.43. The number of pyridine rings is 1. The van der Waals surface area contributed by atoms with E-state index in [1.54, 1.807) is 4.57 Å². The van der Waals surface area contributed by atoms with Gasteiger partial charge in [-0.1, -0.05) is 0 Å². The molecular weight excluding hydrogens is 389 g/mol. The quantitative estimate of drug-likeness (QED) is 0.783. The Hall–Kier alpha value is -2.32. The van der Waals surface area contributed by atoms with E-state index in [0.29, 0.717) is 24.3 Å². The normalized spacial score (nSPS) is 22.4. The van der Waals surface area contributed by atoms with Crippen LogP contribution in [0.2, 0.25) is 0 Å². The number of halogens is 2. The van der Waals surface area contributed by atoms with E-state index in [4.69, 9.17) is 16.3 Å². The first-order valence-corrected chi connectivity index (χ1v) is 9.67. The Morgan fingerprint density at radius 3 is 2.64 bits per heavy atom. The molecule has 0 saturated carbocycles. The second-order valence-electron chi connectivity index (χ2n) is 7.36. The van der Waals surface area contributed by atoms with Gasteiger partial charge < -0.3 is 24.2 Å². The number of carbonyl (C=O) groups is 1. The van der Waals surface area contributed by atoms with Crippen molar-refractivity contribution in [2.24, 2.45) is 0 Å². The molecule has 0 spiro atoms. The maximum absolute atomic E-state index is 15.2. The number of likely N-dealkylation sites (N-methyl/N-ethyl adjacent to an activating group) is 1. The summed E-state index contributed by atoms with van der Waals surface area (Å²) in [6.07, 6.45) is 0.837. The van der Waals surface area contributed by atoms with Crippen molar-refractivity contribution in [3.8, 4) is 5.75 Å². The monoisotopic (exact) mass is 409 g/mol. The lowest BCUT2D eigenvalue weighted by atomic mass is 10.0. The minimum Gasteiger partial charge on any atom is -0.482 e.